The molecule has 1 aromatic rings. The molecule has 0 saturated heterocycles. The van der Waals surface area contributed by atoms with Crippen LogP contribution < -0.4 is 4.74 Å². The maximum Gasteiger partial charge on any atom is 0.489 e. The molecular formula is C9H6FN4O2+. The van der Waals surface area contributed by atoms with Gasteiger partial charge in [-0.05, 0) is 6.07 Å². The molecule has 0 aliphatic rings. The van der Waals surface area contributed by atoms with E-state index in [0.717, 1.165) is 6.07 Å². The van der Waals surface area contributed by atoms with Gasteiger partial charge >= 0.3 is 11.5 Å². The molecule has 0 amide bonds. The summed E-state index contributed by atoms with van der Waals surface area (Å²) in [5.41, 5.74) is 5.24. The van der Waals surface area contributed by atoms with Crippen LogP contribution in [-0.4, -0.2) is 28.4 Å². The maximum absolute atomic E-state index is 13.2. The Labute approximate surface area is 89.5 Å². The van der Waals surface area contributed by atoms with E-state index in [9.17, 15) is 9.18 Å². The first-order valence-corrected chi connectivity index (χ1v) is 4.03. The minimum Gasteiger partial charge on any atom is -0.481 e. The molecule has 0 aromatic carbocycles. The van der Waals surface area contributed by atoms with E-state index in [1.54, 1.807) is 0 Å². The number of hydrogen-bond acceptors (Lipinski definition) is 5. The molecule has 1 heterocycles. The van der Waals surface area contributed by atoms with E-state index in [2.05, 4.69) is 9.77 Å². The summed E-state index contributed by atoms with van der Waals surface area (Å²) in [7, 11) is 1.30. The fourth-order valence-electron chi connectivity index (χ4n) is 0.936. The number of nitrogens with one attached hydrogen (secondary N) is 1. The van der Waals surface area contributed by atoms with Crippen LogP contribution in [0.15, 0.2) is 12.1 Å². The molecule has 0 aliphatic heterocycles. The van der Waals surface area contributed by atoms with Crippen LogP contribution in [0, 0.1) is 22.7 Å². The minimum atomic E-state index is -1.05. The lowest BCUT2D eigenvalue weighted by Gasteiger charge is -2.00. The van der Waals surface area contributed by atoms with E-state index >= 15 is 0 Å². The number of ether oxygens (including phenoxy) is 1. The van der Waals surface area contributed by atoms with Crippen LogP contribution in [-0.2, 0) is 0 Å². The van der Waals surface area contributed by atoms with Gasteiger partial charge in [-0.3, -0.25) is 4.79 Å². The molecule has 16 heavy (non-hydrogen) atoms. The molecule has 1 N–H and O–H groups in total. The molecule has 0 aliphatic carbocycles. The van der Waals surface area contributed by atoms with Gasteiger partial charge < -0.3 is 4.74 Å². The first-order chi connectivity index (χ1) is 7.63. The zero-order valence-electron chi connectivity index (χ0n) is 8.19. The Morgan fingerprint density at radius 3 is 2.88 bits per heavy atom. The normalized spacial score (nSPS) is 8.81. The van der Waals surface area contributed by atoms with E-state index in [1.165, 1.54) is 19.2 Å². The van der Waals surface area contributed by atoms with E-state index in [0.29, 0.717) is 0 Å². The lowest BCUT2D eigenvalue weighted by molar-refractivity contribution is -0.116. The molecule has 80 valence electrons. The van der Waals surface area contributed by atoms with Crippen molar-refractivity contribution in [3.63, 3.8) is 0 Å². The van der Waals surface area contributed by atoms with Gasteiger partial charge in [-0.1, -0.05) is 0 Å². The summed E-state index contributed by atoms with van der Waals surface area (Å²) < 4.78 is 17.9. The molecule has 7 heteroatoms. The largest absolute Gasteiger partial charge is 0.489 e. The van der Waals surface area contributed by atoms with E-state index in [4.69, 9.17) is 15.5 Å². The Kier molecular flexibility index (Phi) is 3.43. The second-order valence-electron chi connectivity index (χ2n) is 2.59. The van der Waals surface area contributed by atoms with E-state index in [1.807, 2.05) is 0 Å². The number of aromatic nitrogens is 1. The van der Waals surface area contributed by atoms with Crippen LogP contribution >= 0.6 is 0 Å². The Bertz CT molecular complexity index is 529. The molecule has 0 spiro atoms. The first kappa shape index (κ1) is 11.5. The molecule has 6 nitrogen and oxygen atoms in total. The highest BCUT2D eigenvalue weighted by Gasteiger charge is 2.29. The molecule has 0 fully saturated rings. The summed E-state index contributed by atoms with van der Waals surface area (Å²) in [6, 6.07) is 3.60. The molecule has 1 rings (SSSR count). The van der Waals surface area contributed by atoms with Gasteiger partial charge in [0.1, 0.15) is 0 Å². The smallest absolute Gasteiger partial charge is 0.481 e. The van der Waals surface area contributed by atoms with E-state index < -0.39 is 23.0 Å². The summed E-state index contributed by atoms with van der Waals surface area (Å²) in [6.07, 6.45) is 0. The lowest BCUT2D eigenvalue weighted by Crippen LogP contribution is -2.17. The van der Waals surface area contributed by atoms with Gasteiger partial charge in [-0.25, -0.2) is 9.37 Å². The Morgan fingerprint density at radius 1 is 1.69 bits per heavy atom. The number of halogens is 1. The van der Waals surface area contributed by atoms with Gasteiger partial charge in [0.2, 0.25) is 5.88 Å². The van der Waals surface area contributed by atoms with Crippen LogP contribution in [0.5, 0.6) is 5.88 Å². The molecule has 0 saturated carbocycles. The van der Waals surface area contributed by atoms with Gasteiger partial charge in [-0.2, -0.15) is 5.26 Å². The molecular weight excluding hydrogens is 215 g/mol. The second kappa shape index (κ2) is 4.77. The van der Waals surface area contributed by atoms with Crippen LogP contribution in [0.3, 0.4) is 0 Å². The zero-order chi connectivity index (χ0) is 12.1. The predicted octanol–water partition coefficient (Wildman–Crippen LogP) is 0.616. The fraction of sp³-hybridized carbons (Fsp3) is 0.111. The Hall–Kier alpha value is -2.58. The van der Waals surface area contributed by atoms with Crippen molar-refractivity contribution in [3.8, 4) is 11.9 Å². The Morgan fingerprint density at radius 2 is 2.38 bits per heavy atom. The van der Waals surface area contributed by atoms with Gasteiger partial charge in [0.25, 0.3) is 0 Å². The third kappa shape index (κ3) is 2.08. The highest BCUT2D eigenvalue weighted by molar-refractivity contribution is 6.48. The number of hydrogen-bond donors (Lipinski definition) is 1. The zero-order valence-corrected chi connectivity index (χ0v) is 8.19. The van der Waals surface area contributed by atoms with Gasteiger partial charge in [0, 0.05) is 6.07 Å². The standard InChI is InChI=1S/C9H6FN4O2/c1-16-7-3-2-5(10)8(13-7)9(15)6(4-11)14-12/h2-3,12H,1H3/q+1. The molecule has 0 unspecified atom stereocenters. The topological polar surface area (TPSA) is 101 Å². The van der Waals surface area contributed by atoms with Gasteiger partial charge in [0.15, 0.2) is 17.6 Å². The average molecular weight is 221 g/mol. The van der Waals surface area contributed by atoms with Crippen molar-refractivity contribution >= 4 is 11.5 Å². The van der Waals surface area contributed by atoms with Crippen LogP contribution in [0.1, 0.15) is 10.5 Å². The number of nitriles is 1. The van der Waals surface area contributed by atoms with Crippen molar-refractivity contribution in [2.45, 2.75) is 0 Å². The van der Waals surface area contributed by atoms with E-state index in [-0.39, 0.29) is 5.88 Å². The maximum atomic E-state index is 13.2. The number of ketones is 1. The van der Waals surface area contributed by atoms with Crippen LogP contribution in [0.4, 0.5) is 4.39 Å². The van der Waals surface area contributed by atoms with Crippen molar-refractivity contribution in [2.24, 2.45) is 0 Å². The molecule has 0 radical (unpaired) electrons. The Balaban J connectivity index is 3.28. The van der Waals surface area contributed by atoms with Crippen molar-refractivity contribution in [3.05, 3.63) is 23.6 Å². The van der Waals surface area contributed by atoms with Gasteiger partial charge in [0.05, 0.1) is 17.4 Å². The molecule has 0 atom stereocenters. The number of Topliss-reactive ketones (excluding diaryl/α,β-unsaturated/α-hetero) is 1. The summed E-state index contributed by atoms with van der Waals surface area (Å²) in [4.78, 5) is 17.7. The van der Waals surface area contributed by atoms with Crippen molar-refractivity contribution < 1.29 is 18.7 Å². The fourth-order valence-corrected chi connectivity index (χ4v) is 0.936. The quantitative estimate of drug-likeness (QED) is 0.349. The minimum absolute atomic E-state index is 0.0343. The summed E-state index contributed by atoms with van der Waals surface area (Å²) in [5, 5.41) is 8.47. The number of nitrogens with zero attached hydrogens (tertiary/aromatic N) is 3. The van der Waals surface area contributed by atoms with Crippen LogP contribution in [0.25, 0.3) is 0 Å². The van der Waals surface area contributed by atoms with Crippen LogP contribution in [0.2, 0.25) is 0 Å². The van der Waals surface area contributed by atoms with Crippen molar-refractivity contribution in [1.29, 1.82) is 10.8 Å². The summed E-state index contributed by atoms with van der Waals surface area (Å²) in [6.45, 7) is 0. The summed E-state index contributed by atoms with van der Waals surface area (Å²) in [5.74, 6) is -1.91. The third-order valence-corrected chi connectivity index (χ3v) is 1.68. The number of methoxy groups -OCH3 is 1. The van der Waals surface area contributed by atoms with Crippen molar-refractivity contribution in [1.82, 2.24) is 4.98 Å². The molecule has 1 aromatic heterocycles. The summed E-state index contributed by atoms with van der Waals surface area (Å²) >= 11 is 0. The van der Waals surface area contributed by atoms with Crippen molar-refractivity contribution in [2.75, 3.05) is 7.11 Å². The average Bonchev–Trinajstić information content (AvgIpc) is 2.31. The van der Waals surface area contributed by atoms with Gasteiger partial charge in [-0.15, -0.1) is 0 Å². The highest BCUT2D eigenvalue weighted by Crippen LogP contribution is 2.12. The lowest BCUT2D eigenvalue weighted by atomic mass is 10.2. The number of carbonyl (C=O) groups is 1. The first-order valence-electron chi connectivity index (χ1n) is 4.03. The number of rotatable bonds is 3. The SMILES string of the molecule is COc1ccc(F)c(C(=O)C(C#N)=[N+]=N)n1. The predicted molar refractivity (Wildman–Crippen MR) is 48.7 cm³/mol. The monoisotopic (exact) mass is 221 g/mol. The number of pyridine rings is 1. The third-order valence-electron chi connectivity index (χ3n) is 1.68. The second-order valence-corrected chi connectivity index (χ2v) is 2.59. The number of carbonyl (C=O) groups excluding carboxylic acids is 1. The molecule has 0 bridgehead atoms. The highest BCUT2D eigenvalue weighted by atomic mass is 19.1.